The van der Waals surface area contributed by atoms with Gasteiger partial charge in [-0.05, 0) is 24.7 Å². The maximum absolute atomic E-state index is 11.2. The lowest BCUT2D eigenvalue weighted by Crippen LogP contribution is -2.19. The van der Waals surface area contributed by atoms with Gasteiger partial charge < -0.3 is 16.0 Å². The van der Waals surface area contributed by atoms with E-state index in [9.17, 15) is 4.79 Å². The summed E-state index contributed by atoms with van der Waals surface area (Å²) in [5.41, 5.74) is 5.47. The minimum Gasteiger partial charge on any atom is -0.391 e. The van der Waals surface area contributed by atoms with Crippen LogP contribution in [0.1, 0.15) is 19.8 Å². The fourth-order valence-electron chi connectivity index (χ4n) is 1.64. The third-order valence-corrected chi connectivity index (χ3v) is 2.91. The molecule has 0 radical (unpaired) electrons. The van der Waals surface area contributed by atoms with Crippen LogP contribution >= 0.6 is 0 Å². The number of nitrogen functional groups attached to an aromatic ring is 1. The summed E-state index contributed by atoms with van der Waals surface area (Å²) in [6.45, 7) is 3.03. The minimum absolute atomic E-state index is 0.167. The average molecular weight is 208 g/mol. The van der Waals surface area contributed by atoms with Crippen LogP contribution in [0.15, 0.2) is 11.1 Å². The van der Waals surface area contributed by atoms with Gasteiger partial charge in [-0.3, -0.25) is 4.79 Å². The quantitative estimate of drug-likeness (QED) is 0.683. The number of H-pyrrole nitrogens is 1. The number of hydrogen-bond acceptors (Lipinski definition) is 4. The van der Waals surface area contributed by atoms with Gasteiger partial charge in [-0.1, -0.05) is 6.92 Å². The van der Waals surface area contributed by atoms with Crippen LogP contribution in [0.5, 0.6) is 0 Å². The Morgan fingerprint density at radius 3 is 3.13 bits per heavy atom. The fourth-order valence-corrected chi connectivity index (χ4v) is 1.64. The molecule has 15 heavy (non-hydrogen) atoms. The van der Waals surface area contributed by atoms with Crippen LogP contribution in [0, 0.1) is 11.8 Å². The van der Waals surface area contributed by atoms with Gasteiger partial charge >= 0.3 is 0 Å². The highest BCUT2D eigenvalue weighted by atomic mass is 16.1. The monoisotopic (exact) mass is 208 g/mol. The van der Waals surface area contributed by atoms with Crippen LogP contribution in [-0.2, 0) is 0 Å². The molecule has 1 aliphatic carbocycles. The molecule has 1 aromatic rings. The van der Waals surface area contributed by atoms with Crippen LogP contribution < -0.4 is 16.6 Å². The molecule has 5 nitrogen and oxygen atoms in total. The maximum Gasteiger partial charge on any atom is 0.276 e. The predicted octanol–water partition coefficient (Wildman–Crippen LogP) is 0.810. The summed E-state index contributed by atoms with van der Waals surface area (Å²) in [6.07, 6.45) is 4.01. The normalized spacial score (nSPS) is 17.4. The molecule has 1 fully saturated rings. The Kier molecular flexibility index (Phi) is 2.62. The highest BCUT2D eigenvalue weighted by Gasteiger charge is 2.27. The highest BCUT2D eigenvalue weighted by Crippen LogP contribution is 2.36. The van der Waals surface area contributed by atoms with Gasteiger partial charge in [0.2, 0.25) is 0 Å². The van der Waals surface area contributed by atoms with Crippen molar-refractivity contribution in [2.75, 3.05) is 17.6 Å². The molecule has 5 heteroatoms. The first-order valence-electron chi connectivity index (χ1n) is 5.25. The second-order valence-corrected chi connectivity index (χ2v) is 4.19. The fraction of sp³-hybridized carbons (Fsp3) is 0.600. The van der Waals surface area contributed by atoms with Crippen LogP contribution in [0.2, 0.25) is 0 Å². The predicted molar refractivity (Wildman–Crippen MR) is 59.6 cm³/mol. The number of rotatable bonds is 4. The van der Waals surface area contributed by atoms with Crippen LogP contribution in [0.3, 0.4) is 0 Å². The summed E-state index contributed by atoms with van der Waals surface area (Å²) in [6, 6.07) is 0. The van der Waals surface area contributed by atoms with Crippen LogP contribution in [0.4, 0.5) is 11.5 Å². The summed E-state index contributed by atoms with van der Waals surface area (Å²) in [7, 11) is 0. The first kappa shape index (κ1) is 10.0. The molecule has 2 rings (SSSR count). The third-order valence-electron chi connectivity index (χ3n) is 2.91. The molecule has 1 aromatic heterocycles. The van der Waals surface area contributed by atoms with Gasteiger partial charge in [-0.25, -0.2) is 4.98 Å². The Hall–Kier alpha value is -1.52. The minimum atomic E-state index is -0.286. The number of nitrogens with two attached hydrogens (primary N) is 1. The lowest BCUT2D eigenvalue weighted by molar-refractivity contribution is 0.536. The molecule has 0 amide bonds. The number of anilines is 2. The van der Waals surface area contributed by atoms with E-state index in [0.717, 1.165) is 12.5 Å². The molecule has 1 unspecified atom stereocenters. The van der Waals surface area contributed by atoms with Crippen molar-refractivity contribution < 1.29 is 0 Å². The summed E-state index contributed by atoms with van der Waals surface area (Å²) in [4.78, 5) is 17.6. The lowest BCUT2D eigenvalue weighted by Gasteiger charge is -2.12. The number of nitrogens with one attached hydrogen (secondary N) is 2. The van der Waals surface area contributed by atoms with Gasteiger partial charge in [0.1, 0.15) is 5.69 Å². The summed E-state index contributed by atoms with van der Waals surface area (Å²) in [5, 5.41) is 3.12. The van der Waals surface area contributed by atoms with E-state index in [1.165, 1.54) is 19.2 Å². The molecule has 0 bridgehead atoms. The Balaban J connectivity index is 1.98. The smallest absolute Gasteiger partial charge is 0.276 e. The zero-order valence-electron chi connectivity index (χ0n) is 8.79. The first-order chi connectivity index (χ1) is 7.18. The second-order valence-electron chi connectivity index (χ2n) is 4.19. The summed E-state index contributed by atoms with van der Waals surface area (Å²) < 4.78 is 0. The average Bonchev–Trinajstić information content (AvgIpc) is 3.03. The Morgan fingerprint density at radius 1 is 1.73 bits per heavy atom. The molecule has 1 atom stereocenters. The lowest BCUT2D eigenvalue weighted by atomic mass is 10.1. The molecule has 1 aliphatic rings. The van der Waals surface area contributed by atoms with Crippen molar-refractivity contribution in [2.24, 2.45) is 11.8 Å². The van der Waals surface area contributed by atoms with Gasteiger partial charge in [0.25, 0.3) is 5.56 Å². The van der Waals surface area contributed by atoms with Gasteiger partial charge in [0.05, 0.1) is 6.33 Å². The maximum atomic E-state index is 11.2. The number of nitrogens with zero attached hydrogens (tertiary/aromatic N) is 1. The van der Waals surface area contributed by atoms with Crippen LogP contribution in [-0.4, -0.2) is 16.5 Å². The topological polar surface area (TPSA) is 83.8 Å². The Morgan fingerprint density at radius 2 is 2.47 bits per heavy atom. The third kappa shape index (κ3) is 2.29. The Bertz CT molecular complexity index is 397. The SMILES string of the molecule is CC(CNc1nc[nH]c(=O)c1N)C1CC1. The number of aromatic nitrogens is 2. The molecule has 82 valence electrons. The van der Waals surface area contributed by atoms with Crippen molar-refractivity contribution in [1.29, 1.82) is 0 Å². The molecule has 0 aromatic carbocycles. The molecular formula is C10H16N4O. The standard InChI is InChI=1S/C10H16N4O/c1-6(7-2-3-7)4-12-9-8(11)10(15)14-5-13-9/h5-7H,2-4,11H2,1H3,(H2,12,13,14,15). The van der Waals surface area contributed by atoms with Crippen molar-refractivity contribution in [3.05, 3.63) is 16.7 Å². The molecule has 1 heterocycles. The second kappa shape index (κ2) is 3.92. The van der Waals surface area contributed by atoms with Crippen LogP contribution in [0.25, 0.3) is 0 Å². The number of aromatic amines is 1. The summed E-state index contributed by atoms with van der Waals surface area (Å²) in [5.74, 6) is 1.94. The van der Waals surface area contributed by atoms with E-state index in [0.29, 0.717) is 11.7 Å². The van der Waals surface area contributed by atoms with E-state index in [4.69, 9.17) is 5.73 Å². The number of hydrogen-bond donors (Lipinski definition) is 3. The van der Waals surface area contributed by atoms with Gasteiger partial charge in [0, 0.05) is 6.54 Å². The first-order valence-corrected chi connectivity index (χ1v) is 5.25. The molecule has 0 saturated heterocycles. The molecule has 0 aliphatic heterocycles. The van der Waals surface area contributed by atoms with Crippen molar-refractivity contribution in [3.63, 3.8) is 0 Å². The van der Waals surface area contributed by atoms with Gasteiger partial charge in [-0.15, -0.1) is 0 Å². The van der Waals surface area contributed by atoms with E-state index < -0.39 is 0 Å². The van der Waals surface area contributed by atoms with Gasteiger partial charge in [-0.2, -0.15) is 0 Å². The molecule has 4 N–H and O–H groups in total. The van der Waals surface area contributed by atoms with E-state index in [1.807, 2.05) is 0 Å². The van der Waals surface area contributed by atoms with E-state index in [-0.39, 0.29) is 11.2 Å². The van der Waals surface area contributed by atoms with Gasteiger partial charge in [0.15, 0.2) is 5.82 Å². The Labute approximate surface area is 88.1 Å². The molecule has 1 saturated carbocycles. The summed E-state index contributed by atoms with van der Waals surface area (Å²) >= 11 is 0. The molecular weight excluding hydrogens is 192 g/mol. The van der Waals surface area contributed by atoms with E-state index in [1.54, 1.807) is 0 Å². The van der Waals surface area contributed by atoms with Crippen molar-refractivity contribution >= 4 is 11.5 Å². The van der Waals surface area contributed by atoms with Crippen molar-refractivity contribution in [2.45, 2.75) is 19.8 Å². The highest BCUT2D eigenvalue weighted by molar-refractivity contribution is 5.58. The van der Waals surface area contributed by atoms with Crippen molar-refractivity contribution in [3.8, 4) is 0 Å². The van der Waals surface area contributed by atoms with E-state index in [2.05, 4.69) is 22.2 Å². The largest absolute Gasteiger partial charge is 0.391 e. The van der Waals surface area contributed by atoms with E-state index >= 15 is 0 Å². The zero-order chi connectivity index (χ0) is 10.8. The zero-order valence-corrected chi connectivity index (χ0v) is 8.79. The molecule has 0 spiro atoms. The van der Waals surface area contributed by atoms with Crippen molar-refractivity contribution in [1.82, 2.24) is 9.97 Å².